The Morgan fingerprint density at radius 1 is 0.468 bits per heavy atom. The van der Waals surface area contributed by atoms with E-state index in [4.69, 9.17) is 15.1 Å². The number of benzene rings is 8. The minimum atomic E-state index is 0.373. The van der Waals surface area contributed by atoms with E-state index < -0.39 is 0 Å². The summed E-state index contributed by atoms with van der Waals surface area (Å²) in [4.78, 5) is 15.7. The number of anilines is 6. The van der Waals surface area contributed by atoms with Gasteiger partial charge in [0.25, 0.3) is 0 Å². The van der Waals surface area contributed by atoms with Crippen molar-refractivity contribution in [3.63, 3.8) is 0 Å². The van der Waals surface area contributed by atoms with Crippen molar-refractivity contribution >= 4 is 79.4 Å². The second kappa shape index (κ2) is 16.2. The van der Waals surface area contributed by atoms with Gasteiger partial charge in [0.05, 0.1) is 22.1 Å². The van der Waals surface area contributed by atoms with Crippen molar-refractivity contribution in [3.05, 3.63) is 206 Å². The minimum absolute atomic E-state index is 0.373. The third kappa shape index (κ3) is 6.82. The summed E-state index contributed by atoms with van der Waals surface area (Å²) in [7, 11) is 0. The fourth-order valence-corrected chi connectivity index (χ4v) is 8.57. The van der Waals surface area contributed by atoms with E-state index in [1.807, 2.05) is 30.4 Å². The molecule has 10 aromatic rings. The van der Waals surface area contributed by atoms with Gasteiger partial charge in [0.1, 0.15) is 0 Å². The van der Waals surface area contributed by atoms with Gasteiger partial charge in [0.15, 0.2) is 0 Å². The topological polar surface area (TPSA) is 51.3 Å². The maximum Gasteiger partial charge on any atom is 0.0999 e. The molecule has 2 heterocycles. The van der Waals surface area contributed by atoms with E-state index in [-0.39, 0.29) is 0 Å². The summed E-state index contributed by atoms with van der Waals surface area (Å²) >= 11 is 0. The Kier molecular flexibility index (Phi) is 10.0. The first kappa shape index (κ1) is 38.3. The normalized spacial score (nSPS) is 11.4. The second-order valence-electron chi connectivity index (χ2n) is 15.9. The maximum atomic E-state index is 5.58. The standard InChI is InChI=1S/C56H45N6/c1-5-39-27-28-40(6-2)52-51(39)57-53-49(41-29-33-47(34-30-41)61(43-19-11-7-12-20-43)44-21-13-8-14-22-44)55-56(60(59-55)37-38(3)4)50(54(53)58-52)42-31-35-48(36-32-42)62(45-23-15-9-16-24-45)46-25-17-10-18-26-46/h5-36,38H,1-2,37H2,3-4H3/q-1. The van der Waals surface area contributed by atoms with E-state index in [1.165, 1.54) is 0 Å². The van der Waals surface area contributed by atoms with Gasteiger partial charge in [-0.15, -0.1) is 0 Å². The van der Waals surface area contributed by atoms with E-state index in [2.05, 4.69) is 205 Å². The van der Waals surface area contributed by atoms with Crippen LogP contribution >= 0.6 is 0 Å². The molecular weight excluding hydrogens is 757 g/mol. The van der Waals surface area contributed by atoms with Crippen molar-refractivity contribution in [2.24, 2.45) is 5.92 Å². The molecule has 0 atom stereocenters. The van der Waals surface area contributed by atoms with E-state index >= 15 is 0 Å². The highest BCUT2D eigenvalue weighted by atomic mass is 15.3. The largest absolute Gasteiger partial charge is 0.593 e. The third-order valence-corrected chi connectivity index (χ3v) is 11.4. The van der Waals surface area contributed by atoms with Gasteiger partial charge in [-0.05, 0) is 95.4 Å². The zero-order chi connectivity index (χ0) is 42.2. The molecule has 0 saturated carbocycles. The lowest BCUT2D eigenvalue weighted by Crippen LogP contribution is -2.19. The quantitative estimate of drug-likeness (QED) is 0.115. The van der Waals surface area contributed by atoms with Crippen LogP contribution in [0.5, 0.6) is 0 Å². The molecule has 0 aliphatic carbocycles. The number of aromatic nitrogens is 4. The average molecular weight is 802 g/mol. The van der Waals surface area contributed by atoms with Crippen LogP contribution in [-0.4, -0.2) is 14.6 Å². The molecule has 0 aliphatic heterocycles. The predicted molar refractivity (Wildman–Crippen MR) is 261 cm³/mol. The van der Waals surface area contributed by atoms with Gasteiger partial charge in [0.2, 0.25) is 0 Å². The second-order valence-corrected chi connectivity index (χ2v) is 15.9. The Hall–Kier alpha value is -7.96. The molecule has 300 valence electrons. The van der Waals surface area contributed by atoms with Gasteiger partial charge in [0, 0.05) is 62.9 Å². The number of nitrogens with zero attached hydrogens (tertiary/aromatic N) is 6. The zero-order valence-electron chi connectivity index (χ0n) is 34.9. The first-order valence-corrected chi connectivity index (χ1v) is 21.1. The number of fused-ring (bicyclic) bond motifs is 3. The monoisotopic (exact) mass is 801 g/mol. The van der Waals surface area contributed by atoms with E-state index in [1.54, 1.807) is 0 Å². The fourth-order valence-electron chi connectivity index (χ4n) is 8.57. The summed E-state index contributed by atoms with van der Waals surface area (Å²) < 4.78 is 2.16. The molecule has 8 aromatic carbocycles. The number of rotatable bonds is 12. The Morgan fingerprint density at radius 3 is 1.19 bits per heavy atom. The SMILES string of the molecule is C=Cc1ccc(C=C)c2nc3c(-c4ccc(N(c5ccccc5)c5ccccc5)cc4)c4c([n-]n4CC(C)C)c(-c4ccc(N(c5ccccc5)c5ccccc5)cc4)c3nc12. The molecule has 0 radical (unpaired) electrons. The van der Waals surface area contributed by atoms with Gasteiger partial charge in [-0.25, -0.2) is 9.97 Å². The molecule has 62 heavy (non-hydrogen) atoms. The van der Waals surface area contributed by atoms with Crippen molar-refractivity contribution in [1.82, 2.24) is 19.7 Å². The summed E-state index contributed by atoms with van der Waals surface area (Å²) in [6.45, 7) is 13.6. The summed E-state index contributed by atoms with van der Waals surface area (Å²) in [5.74, 6) is 0.373. The first-order valence-electron chi connectivity index (χ1n) is 21.1. The third-order valence-electron chi connectivity index (χ3n) is 11.4. The summed E-state index contributed by atoms with van der Waals surface area (Å²) in [6, 6.07) is 63.6. The van der Waals surface area contributed by atoms with Crippen molar-refractivity contribution in [1.29, 1.82) is 0 Å². The summed E-state index contributed by atoms with van der Waals surface area (Å²) in [5.41, 5.74) is 17.4. The molecule has 0 bridgehead atoms. The van der Waals surface area contributed by atoms with E-state index in [0.29, 0.717) is 5.92 Å². The molecule has 2 aromatic heterocycles. The highest BCUT2D eigenvalue weighted by Gasteiger charge is 2.23. The smallest absolute Gasteiger partial charge is 0.0999 e. The molecule has 10 rings (SSSR count). The van der Waals surface area contributed by atoms with Crippen LogP contribution in [0, 0.1) is 5.92 Å². The van der Waals surface area contributed by atoms with Crippen LogP contribution in [0.15, 0.2) is 195 Å². The van der Waals surface area contributed by atoms with Gasteiger partial charge >= 0.3 is 0 Å². The predicted octanol–water partition coefficient (Wildman–Crippen LogP) is 14.9. The molecule has 0 fully saturated rings. The maximum absolute atomic E-state index is 5.58. The van der Waals surface area contributed by atoms with Crippen LogP contribution < -0.4 is 14.9 Å². The molecule has 0 aliphatic rings. The fraction of sp³-hybridized carbons (Fsp3) is 0.0714. The average Bonchev–Trinajstić information content (AvgIpc) is 3.32. The highest BCUT2D eigenvalue weighted by Crippen LogP contribution is 2.46. The lowest BCUT2D eigenvalue weighted by Gasteiger charge is -2.36. The van der Waals surface area contributed by atoms with Gasteiger partial charge in [-0.2, -0.15) is 0 Å². The Morgan fingerprint density at radius 2 is 0.823 bits per heavy atom. The van der Waals surface area contributed by atoms with Crippen molar-refractivity contribution in [2.75, 3.05) is 9.80 Å². The Balaban J connectivity index is 1.21. The van der Waals surface area contributed by atoms with Crippen LogP contribution in [0.2, 0.25) is 0 Å². The minimum Gasteiger partial charge on any atom is -0.593 e. The first-order chi connectivity index (χ1) is 30.5. The van der Waals surface area contributed by atoms with Crippen LogP contribution in [0.3, 0.4) is 0 Å². The van der Waals surface area contributed by atoms with Gasteiger partial charge < -0.3 is 19.6 Å². The van der Waals surface area contributed by atoms with Crippen molar-refractivity contribution in [3.8, 4) is 22.3 Å². The molecule has 6 nitrogen and oxygen atoms in total. The highest BCUT2D eigenvalue weighted by molar-refractivity contribution is 6.19. The summed E-state index contributed by atoms with van der Waals surface area (Å²) in [5, 5.41) is 5.28. The molecule has 0 saturated heterocycles. The van der Waals surface area contributed by atoms with Gasteiger partial charge in [-0.1, -0.05) is 154 Å². The van der Waals surface area contributed by atoms with E-state index in [9.17, 15) is 0 Å². The lowest BCUT2D eigenvalue weighted by molar-refractivity contribution is 0.479. The van der Waals surface area contributed by atoms with Crippen LogP contribution in [0.25, 0.3) is 67.5 Å². The van der Waals surface area contributed by atoms with Crippen molar-refractivity contribution in [2.45, 2.75) is 20.4 Å². The molecule has 6 heteroatoms. The molecule has 0 unspecified atom stereocenters. The molecule has 0 amide bonds. The summed E-state index contributed by atoms with van der Waals surface area (Å²) in [6.07, 6.45) is 3.71. The Labute approximate surface area is 362 Å². The Bertz CT molecular complexity index is 3110. The molecule has 0 spiro atoms. The number of para-hydroxylation sites is 4. The lowest BCUT2D eigenvalue weighted by atomic mass is 9.93. The van der Waals surface area contributed by atoms with Crippen LogP contribution in [0.1, 0.15) is 25.0 Å². The molecule has 0 N–H and O–H groups in total. The molecular formula is C56H45N6-. The van der Waals surface area contributed by atoms with Crippen molar-refractivity contribution < 1.29 is 0 Å². The van der Waals surface area contributed by atoms with Gasteiger partial charge in [-0.3, -0.25) is 0 Å². The number of hydrogen-bond acceptors (Lipinski definition) is 4. The zero-order valence-corrected chi connectivity index (χ0v) is 34.9. The van der Waals surface area contributed by atoms with Crippen LogP contribution in [-0.2, 0) is 6.54 Å². The number of hydrogen-bond donors (Lipinski definition) is 0. The van der Waals surface area contributed by atoms with Crippen LogP contribution in [0.4, 0.5) is 34.1 Å². The van der Waals surface area contributed by atoms with E-state index in [0.717, 1.165) is 107 Å².